The number of methoxy groups -OCH3 is 1. The smallest absolute Gasteiger partial charge is 0.340 e. The summed E-state index contributed by atoms with van der Waals surface area (Å²) in [5.74, 6) is 0.183. The number of anilines is 1. The molecule has 0 amide bonds. The number of hydrogen-bond acceptors (Lipinski definition) is 4. The first-order valence-corrected chi connectivity index (χ1v) is 7.84. The maximum atomic E-state index is 11.8. The van der Waals surface area contributed by atoms with Crippen LogP contribution in [0.1, 0.15) is 10.4 Å². The van der Waals surface area contributed by atoms with Crippen molar-refractivity contribution in [2.75, 3.05) is 25.6 Å². The molecule has 0 aromatic heterocycles. The van der Waals surface area contributed by atoms with E-state index in [1.807, 2.05) is 0 Å². The van der Waals surface area contributed by atoms with Crippen molar-refractivity contribution in [1.29, 1.82) is 0 Å². The lowest BCUT2D eigenvalue weighted by Gasteiger charge is -2.14. The molecular weight excluding hydrogens is 361 g/mol. The summed E-state index contributed by atoms with van der Waals surface area (Å²) in [6.45, 7) is 0.815. The fourth-order valence-electron chi connectivity index (χ4n) is 1.90. The molecule has 2 rings (SSSR count). The molecule has 2 aromatic rings. The average Bonchev–Trinajstić information content (AvgIpc) is 2.53. The highest BCUT2D eigenvalue weighted by Gasteiger charge is 2.16. The normalized spacial score (nSPS) is 10.3. The predicted octanol–water partition coefficient (Wildman–Crippen LogP) is 4.92. The molecule has 1 N–H and O–H groups in total. The Bertz CT molecular complexity index is 690. The quantitative estimate of drug-likeness (QED) is 0.575. The first kappa shape index (κ1) is 17.7. The van der Waals surface area contributed by atoms with Gasteiger partial charge in [-0.2, -0.15) is 0 Å². The highest BCUT2D eigenvalue weighted by molar-refractivity contribution is 6.37. The van der Waals surface area contributed by atoms with Gasteiger partial charge in [-0.25, -0.2) is 4.79 Å². The molecule has 0 saturated carbocycles. The van der Waals surface area contributed by atoms with E-state index in [4.69, 9.17) is 44.3 Å². The van der Waals surface area contributed by atoms with Gasteiger partial charge in [0, 0.05) is 16.6 Å². The number of hydrogen-bond donors (Lipinski definition) is 1. The van der Waals surface area contributed by atoms with E-state index in [2.05, 4.69) is 5.32 Å². The summed E-state index contributed by atoms with van der Waals surface area (Å²) in [4.78, 5) is 11.8. The van der Waals surface area contributed by atoms with Crippen LogP contribution in [0.3, 0.4) is 0 Å². The van der Waals surface area contributed by atoms with Crippen LogP contribution in [-0.4, -0.2) is 26.2 Å². The van der Waals surface area contributed by atoms with Crippen molar-refractivity contribution in [3.63, 3.8) is 0 Å². The highest BCUT2D eigenvalue weighted by Crippen LogP contribution is 2.30. The van der Waals surface area contributed by atoms with Crippen LogP contribution in [0.25, 0.3) is 0 Å². The van der Waals surface area contributed by atoms with Crippen LogP contribution in [0.5, 0.6) is 5.75 Å². The third kappa shape index (κ3) is 4.93. The van der Waals surface area contributed by atoms with E-state index in [-0.39, 0.29) is 5.56 Å². The lowest BCUT2D eigenvalue weighted by Crippen LogP contribution is -2.15. The molecule has 0 aliphatic carbocycles. The van der Waals surface area contributed by atoms with Crippen LogP contribution in [0.4, 0.5) is 5.69 Å². The number of esters is 1. The van der Waals surface area contributed by atoms with Crippen LogP contribution in [0, 0.1) is 0 Å². The van der Waals surface area contributed by atoms with Gasteiger partial charge in [-0.1, -0.05) is 34.8 Å². The number of benzene rings is 2. The van der Waals surface area contributed by atoms with Gasteiger partial charge >= 0.3 is 5.97 Å². The van der Waals surface area contributed by atoms with Gasteiger partial charge in [-0.3, -0.25) is 0 Å². The number of nitrogens with one attached hydrogen (secondary N) is 1. The average molecular weight is 375 g/mol. The first-order valence-electron chi connectivity index (χ1n) is 6.71. The lowest BCUT2D eigenvalue weighted by molar-refractivity contribution is 0.0602. The second kappa shape index (κ2) is 8.29. The minimum Gasteiger partial charge on any atom is -0.492 e. The van der Waals surface area contributed by atoms with Crippen molar-refractivity contribution in [2.24, 2.45) is 0 Å². The number of carbonyl (C=O) groups is 1. The Balaban J connectivity index is 1.99. The van der Waals surface area contributed by atoms with Crippen molar-refractivity contribution in [3.05, 3.63) is 57.0 Å². The van der Waals surface area contributed by atoms with Crippen molar-refractivity contribution < 1.29 is 14.3 Å². The van der Waals surface area contributed by atoms with Gasteiger partial charge in [0.05, 0.1) is 23.4 Å². The second-order valence-electron chi connectivity index (χ2n) is 4.53. The number of ether oxygens (including phenoxy) is 2. The molecule has 4 nitrogen and oxygen atoms in total. The van der Waals surface area contributed by atoms with Crippen molar-refractivity contribution in [1.82, 2.24) is 0 Å². The molecule has 0 aliphatic heterocycles. The van der Waals surface area contributed by atoms with Crippen LogP contribution in [-0.2, 0) is 4.74 Å². The van der Waals surface area contributed by atoms with Crippen LogP contribution >= 0.6 is 34.8 Å². The van der Waals surface area contributed by atoms with Gasteiger partial charge in [0.25, 0.3) is 0 Å². The van der Waals surface area contributed by atoms with Crippen molar-refractivity contribution in [2.45, 2.75) is 0 Å². The number of carbonyl (C=O) groups excluding carboxylic acids is 1. The molecule has 0 atom stereocenters. The van der Waals surface area contributed by atoms with E-state index in [0.717, 1.165) is 0 Å². The zero-order chi connectivity index (χ0) is 16.8. The van der Waals surface area contributed by atoms with Crippen molar-refractivity contribution in [3.8, 4) is 5.75 Å². The van der Waals surface area contributed by atoms with Crippen LogP contribution in [0.15, 0.2) is 36.4 Å². The molecule has 0 radical (unpaired) electrons. The Morgan fingerprint density at radius 1 is 1.09 bits per heavy atom. The van der Waals surface area contributed by atoms with E-state index in [9.17, 15) is 4.79 Å². The summed E-state index contributed by atoms with van der Waals surface area (Å²) >= 11 is 17.9. The van der Waals surface area contributed by atoms with E-state index in [1.165, 1.54) is 13.2 Å². The topological polar surface area (TPSA) is 47.6 Å². The Hall–Kier alpha value is -1.62. The Labute approximate surface area is 149 Å². The minimum atomic E-state index is -0.518. The Morgan fingerprint density at radius 2 is 1.78 bits per heavy atom. The van der Waals surface area contributed by atoms with Crippen LogP contribution in [0.2, 0.25) is 15.1 Å². The molecule has 0 saturated heterocycles. The summed E-state index contributed by atoms with van der Waals surface area (Å²) in [6, 6.07) is 10.1. The molecule has 0 heterocycles. The van der Waals surface area contributed by atoms with E-state index in [1.54, 1.807) is 30.3 Å². The second-order valence-corrected chi connectivity index (χ2v) is 5.81. The van der Waals surface area contributed by atoms with E-state index in [0.29, 0.717) is 39.7 Å². The molecular formula is C16H14Cl3NO3. The zero-order valence-corrected chi connectivity index (χ0v) is 14.5. The Kier molecular flexibility index (Phi) is 6.39. The molecule has 0 bridgehead atoms. The van der Waals surface area contributed by atoms with Gasteiger partial charge in [-0.05, 0) is 36.4 Å². The Morgan fingerprint density at radius 3 is 2.43 bits per heavy atom. The van der Waals surface area contributed by atoms with Gasteiger partial charge in [0.15, 0.2) is 0 Å². The molecule has 0 aliphatic rings. The summed E-state index contributed by atoms with van der Waals surface area (Å²) in [5, 5.41) is 4.40. The molecule has 2 aromatic carbocycles. The summed E-state index contributed by atoms with van der Waals surface area (Å²) in [7, 11) is 1.30. The number of halogens is 3. The molecule has 122 valence electrons. The third-order valence-electron chi connectivity index (χ3n) is 2.95. The maximum absolute atomic E-state index is 11.8. The third-order valence-corrected chi connectivity index (χ3v) is 3.71. The summed E-state index contributed by atoms with van der Waals surface area (Å²) in [6.07, 6.45) is 0. The van der Waals surface area contributed by atoms with Gasteiger partial charge in [0.2, 0.25) is 0 Å². The van der Waals surface area contributed by atoms with Gasteiger partial charge < -0.3 is 14.8 Å². The number of rotatable bonds is 6. The zero-order valence-electron chi connectivity index (χ0n) is 12.2. The molecule has 0 spiro atoms. The molecule has 23 heavy (non-hydrogen) atoms. The monoisotopic (exact) mass is 373 g/mol. The summed E-state index contributed by atoms with van der Waals surface area (Å²) in [5.41, 5.74) is 0.735. The van der Waals surface area contributed by atoms with E-state index < -0.39 is 5.97 Å². The molecule has 0 fully saturated rings. The minimum absolute atomic E-state index is 0.275. The van der Waals surface area contributed by atoms with E-state index >= 15 is 0 Å². The van der Waals surface area contributed by atoms with Gasteiger partial charge in [0.1, 0.15) is 12.4 Å². The molecule has 0 unspecified atom stereocenters. The summed E-state index contributed by atoms with van der Waals surface area (Å²) < 4.78 is 10.3. The fraction of sp³-hybridized carbons (Fsp3) is 0.188. The molecule has 7 heteroatoms. The van der Waals surface area contributed by atoms with Gasteiger partial charge in [-0.15, -0.1) is 0 Å². The first-order chi connectivity index (χ1) is 11.0. The largest absolute Gasteiger partial charge is 0.492 e. The predicted molar refractivity (Wildman–Crippen MR) is 93.2 cm³/mol. The lowest BCUT2D eigenvalue weighted by atomic mass is 10.1. The highest BCUT2D eigenvalue weighted by atomic mass is 35.5. The fourth-order valence-corrected chi connectivity index (χ4v) is 2.59. The maximum Gasteiger partial charge on any atom is 0.340 e. The van der Waals surface area contributed by atoms with Crippen molar-refractivity contribution >= 4 is 46.5 Å². The SMILES string of the molecule is COC(=O)c1cc(Cl)cc(Cl)c1NCCOc1ccc(Cl)cc1. The standard InChI is InChI=1S/C16H14Cl3NO3/c1-22-16(21)13-8-11(18)9-14(19)15(13)20-6-7-23-12-4-2-10(17)3-5-12/h2-5,8-9,20H,6-7H2,1H3. The van der Waals surface area contributed by atoms with Crippen LogP contribution < -0.4 is 10.1 Å².